The van der Waals surface area contributed by atoms with Crippen LogP contribution in [-0.2, 0) is 30.8 Å². The lowest BCUT2D eigenvalue weighted by Gasteiger charge is -2.40. The SMILES string of the molecule is CC(C)C1CC(C)(C)Oc2ccc(N(CCOS(=O)N3CCCCC3)CCS(=O)ON3CCCCC3)cc21. The van der Waals surface area contributed by atoms with Crippen molar-refractivity contribution in [3.05, 3.63) is 23.8 Å². The van der Waals surface area contributed by atoms with Crippen molar-refractivity contribution >= 4 is 28.0 Å². The average molecular weight is 570 g/mol. The molecule has 0 aliphatic carbocycles. The van der Waals surface area contributed by atoms with E-state index in [0.29, 0.717) is 37.3 Å². The molecule has 8 nitrogen and oxygen atoms in total. The summed E-state index contributed by atoms with van der Waals surface area (Å²) in [5.41, 5.74) is 2.07. The van der Waals surface area contributed by atoms with Crippen LogP contribution in [0.3, 0.4) is 0 Å². The van der Waals surface area contributed by atoms with Crippen LogP contribution in [0, 0.1) is 5.92 Å². The predicted molar refractivity (Wildman–Crippen MR) is 155 cm³/mol. The van der Waals surface area contributed by atoms with Crippen molar-refractivity contribution in [2.24, 2.45) is 5.92 Å². The molecule has 3 unspecified atom stereocenters. The first-order chi connectivity index (χ1) is 18.2. The topological polar surface area (TPSA) is 71.5 Å². The fourth-order valence-corrected chi connectivity index (χ4v) is 7.40. The van der Waals surface area contributed by atoms with Crippen molar-refractivity contribution in [2.45, 2.75) is 84.2 Å². The second-order valence-electron chi connectivity index (χ2n) is 11.7. The Morgan fingerprint density at radius 2 is 1.71 bits per heavy atom. The molecule has 216 valence electrons. The molecule has 3 aliphatic rings. The molecular formula is C28H47N3O5S2. The van der Waals surface area contributed by atoms with E-state index in [-0.39, 0.29) is 5.60 Å². The molecule has 0 amide bonds. The van der Waals surface area contributed by atoms with Crippen LogP contribution >= 0.6 is 0 Å². The van der Waals surface area contributed by atoms with Crippen molar-refractivity contribution in [3.8, 4) is 5.75 Å². The minimum Gasteiger partial charge on any atom is -0.488 e. The lowest BCUT2D eigenvalue weighted by Crippen LogP contribution is -2.37. The minimum absolute atomic E-state index is 0.196. The van der Waals surface area contributed by atoms with E-state index in [2.05, 4.69) is 50.8 Å². The molecule has 0 radical (unpaired) electrons. The molecule has 38 heavy (non-hydrogen) atoms. The highest BCUT2D eigenvalue weighted by Gasteiger charge is 2.35. The minimum atomic E-state index is -1.42. The third kappa shape index (κ3) is 8.48. The summed E-state index contributed by atoms with van der Waals surface area (Å²) >= 11 is -2.83. The monoisotopic (exact) mass is 569 g/mol. The summed E-state index contributed by atoms with van der Waals surface area (Å²) in [5, 5.41) is 1.85. The van der Waals surface area contributed by atoms with Crippen LogP contribution < -0.4 is 9.64 Å². The molecule has 3 aliphatic heterocycles. The van der Waals surface area contributed by atoms with Crippen molar-refractivity contribution in [1.29, 1.82) is 0 Å². The Morgan fingerprint density at radius 3 is 2.39 bits per heavy atom. The molecule has 10 heteroatoms. The number of hydrogen-bond acceptors (Lipinski definition) is 7. The van der Waals surface area contributed by atoms with Gasteiger partial charge in [0, 0.05) is 45.0 Å². The first kappa shape index (κ1) is 29.9. The highest BCUT2D eigenvalue weighted by Crippen LogP contribution is 2.45. The van der Waals surface area contributed by atoms with Crippen LogP contribution in [0.2, 0.25) is 0 Å². The molecule has 2 saturated heterocycles. The van der Waals surface area contributed by atoms with E-state index in [1.165, 1.54) is 18.4 Å². The van der Waals surface area contributed by atoms with Gasteiger partial charge in [0.05, 0.1) is 12.4 Å². The average Bonchev–Trinajstić information content (AvgIpc) is 2.90. The van der Waals surface area contributed by atoms with Gasteiger partial charge in [0.15, 0.2) is 11.1 Å². The standard InChI is InChI=1S/C28H47N3O5S2/c1-23(2)26-22-28(3,4)35-27-12-11-24(21-25(26)27)29(17-19-34-38(33)31-15-9-6-10-16-31)18-20-37(32)36-30-13-7-5-8-14-30/h11-12,21,23,26H,5-10,13-20,22H2,1-4H3. The second kappa shape index (κ2) is 14.0. The smallest absolute Gasteiger partial charge is 0.237 e. The number of benzene rings is 1. The van der Waals surface area contributed by atoms with E-state index in [0.717, 1.165) is 69.7 Å². The number of piperidine rings is 2. The van der Waals surface area contributed by atoms with Gasteiger partial charge in [0.1, 0.15) is 11.4 Å². The van der Waals surface area contributed by atoms with Crippen LogP contribution in [0.5, 0.6) is 5.75 Å². The maximum atomic E-state index is 12.8. The molecule has 3 heterocycles. The van der Waals surface area contributed by atoms with Gasteiger partial charge >= 0.3 is 0 Å². The van der Waals surface area contributed by atoms with Gasteiger partial charge in [-0.2, -0.15) is 9.35 Å². The molecule has 1 aromatic carbocycles. The molecule has 0 bridgehead atoms. The maximum absolute atomic E-state index is 12.8. The van der Waals surface area contributed by atoms with Crippen molar-refractivity contribution < 1.29 is 21.6 Å². The third-order valence-corrected chi connectivity index (χ3v) is 9.81. The Kier molecular flexibility index (Phi) is 11.1. The van der Waals surface area contributed by atoms with Gasteiger partial charge in [-0.05, 0) is 81.5 Å². The van der Waals surface area contributed by atoms with Crippen LogP contribution in [0.15, 0.2) is 18.2 Å². The van der Waals surface area contributed by atoms with Crippen molar-refractivity contribution in [3.63, 3.8) is 0 Å². The molecule has 0 spiro atoms. The van der Waals surface area contributed by atoms with Gasteiger partial charge in [-0.25, -0.2) is 12.7 Å². The summed E-state index contributed by atoms with van der Waals surface area (Å²) in [7, 11) is 0. The second-order valence-corrected chi connectivity index (χ2v) is 14.1. The number of ether oxygens (including phenoxy) is 1. The van der Waals surface area contributed by atoms with Crippen LogP contribution in [0.4, 0.5) is 5.69 Å². The van der Waals surface area contributed by atoms with Crippen LogP contribution in [0.1, 0.15) is 84.1 Å². The zero-order chi connectivity index (χ0) is 27.1. The van der Waals surface area contributed by atoms with Gasteiger partial charge < -0.3 is 9.64 Å². The summed E-state index contributed by atoms with van der Waals surface area (Å²) in [4.78, 5) is 2.18. The predicted octanol–water partition coefficient (Wildman–Crippen LogP) is 4.96. The normalized spacial score (nSPS) is 24.0. The Morgan fingerprint density at radius 1 is 1.03 bits per heavy atom. The summed E-state index contributed by atoms with van der Waals surface area (Å²) in [6.45, 7) is 13.6. The van der Waals surface area contributed by atoms with Crippen molar-refractivity contribution in [1.82, 2.24) is 9.37 Å². The van der Waals surface area contributed by atoms with Gasteiger partial charge in [-0.1, -0.05) is 26.7 Å². The lowest BCUT2D eigenvalue weighted by molar-refractivity contribution is -0.0591. The largest absolute Gasteiger partial charge is 0.488 e. The van der Waals surface area contributed by atoms with E-state index in [1.54, 1.807) is 0 Å². The summed E-state index contributed by atoms with van der Waals surface area (Å²) in [6, 6.07) is 6.38. The van der Waals surface area contributed by atoms with Crippen LogP contribution in [-0.4, -0.2) is 75.0 Å². The molecule has 0 aromatic heterocycles. The fourth-order valence-electron chi connectivity index (χ4n) is 5.65. The molecule has 0 N–H and O–H groups in total. The Hall–Kier alpha value is -1.04. The Bertz CT molecular complexity index is 948. The molecule has 2 fully saturated rings. The number of anilines is 1. The quantitative estimate of drug-likeness (QED) is 0.353. The van der Waals surface area contributed by atoms with Gasteiger partial charge in [-0.3, -0.25) is 4.18 Å². The zero-order valence-electron chi connectivity index (χ0n) is 23.7. The van der Waals surface area contributed by atoms with E-state index in [1.807, 2.05) is 9.37 Å². The molecule has 3 atom stereocenters. The molecule has 4 rings (SSSR count). The maximum Gasteiger partial charge on any atom is 0.237 e. The van der Waals surface area contributed by atoms with E-state index in [4.69, 9.17) is 13.2 Å². The number of fused-ring (bicyclic) bond motifs is 1. The highest BCUT2D eigenvalue weighted by molar-refractivity contribution is 7.80. The number of nitrogens with zero attached hydrogens (tertiary/aromatic N) is 3. The summed E-state index contributed by atoms with van der Waals surface area (Å²) in [6.07, 6.45) is 7.65. The third-order valence-electron chi connectivity index (χ3n) is 7.76. The first-order valence-electron chi connectivity index (χ1n) is 14.4. The fraction of sp³-hybridized carbons (Fsp3) is 0.786. The van der Waals surface area contributed by atoms with Gasteiger partial charge in [0.2, 0.25) is 11.3 Å². The number of hydrogen-bond donors (Lipinski definition) is 0. The van der Waals surface area contributed by atoms with E-state index in [9.17, 15) is 8.42 Å². The molecule has 0 saturated carbocycles. The van der Waals surface area contributed by atoms with Gasteiger partial charge in [-0.15, -0.1) is 0 Å². The summed E-state index contributed by atoms with van der Waals surface area (Å²) < 4.78 is 45.2. The lowest BCUT2D eigenvalue weighted by atomic mass is 9.78. The van der Waals surface area contributed by atoms with Crippen molar-refractivity contribution in [2.75, 3.05) is 56.5 Å². The molecule has 1 aromatic rings. The van der Waals surface area contributed by atoms with Gasteiger partial charge in [0.25, 0.3) is 0 Å². The summed E-state index contributed by atoms with van der Waals surface area (Å²) in [5.74, 6) is 2.22. The highest BCUT2D eigenvalue weighted by atomic mass is 32.2. The number of hydroxylamine groups is 2. The zero-order valence-corrected chi connectivity index (χ0v) is 25.3. The van der Waals surface area contributed by atoms with Crippen LogP contribution in [0.25, 0.3) is 0 Å². The Labute approximate surface area is 234 Å². The van der Waals surface area contributed by atoms with E-state index < -0.39 is 22.3 Å². The Balaban J connectivity index is 1.44. The van der Waals surface area contributed by atoms with E-state index >= 15 is 0 Å². The molecular weight excluding hydrogens is 522 g/mol. The first-order valence-corrected chi connectivity index (χ1v) is 16.7. The number of rotatable bonds is 12.